The first kappa shape index (κ1) is 14.1. The molecule has 104 valence electrons. The highest BCUT2D eigenvalue weighted by Crippen LogP contribution is 2.31. The third kappa shape index (κ3) is 2.80. The van der Waals surface area contributed by atoms with E-state index >= 15 is 0 Å². The Labute approximate surface area is 120 Å². The van der Waals surface area contributed by atoms with Gasteiger partial charge in [-0.1, -0.05) is 11.6 Å². The van der Waals surface area contributed by atoms with Crippen LogP contribution in [0, 0.1) is 0 Å². The van der Waals surface area contributed by atoms with Crippen LogP contribution in [-0.2, 0) is 0 Å². The summed E-state index contributed by atoms with van der Waals surface area (Å²) in [5.74, 6) is 1.49. The zero-order valence-electron chi connectivity index (χ0n) is 10.9. The number of carbonyl (C=O) groups is 1. The molecule has 0 saturated heterocycles. The standard InChI is InChI=1S/C13H12ClN3O3/c1-19-10-4-3-8(5-11(10)20-2)17-13-9(6-18)12(14)15-7-16-13/h3-7H,1-2H3,(H,15,16,17). The average molecular weight is 294 g/mol. The number of rotatable bonds is 5. The number of halogens is 1. The van der Waals surface area contributed by atoms with Crippen LogP contribution in [0.1, 0.15) is 10.4 Å². The zero-order chi connectivity index (χ0) is 14.5. The van der Waals surface area contributed by atoms with Crippen molar-refractivity contribution in [3.63, 3.8) is 0 Å². The summed E-state index contributed by atoms with van der Waals surface area (Å²) in [6.45, 7) is 0. The second kappa shape index (κ2) is 6.21. The second-order valence-corrected chi connectivity index (χ2v) is 4.10. The van der Waals surface area contributed by atoms with Gasteiger partial charge in [-0.25, -0.2) is 9.97 Å². The summed E-state index contributed by atoms with van der Waals surface area (Å²) >= 11 is 5.83. The highest BCUT2D eigenvalue weighted by molar-refractivity contribution is 6.32. The van der Waals surface area contributed by atoms with Crippen molar-refractivity contribution in [2.75, 3.05) is 19.5 Å². The monoisotopic (exact) mass is 293 g/mol. The molecule has 20 heavy (non-hydrogen) atoms. The van der Waals surface area contributed by atoms with E-state index in [4.69, 9.17) is 21.1 Å². The maximum absolute atomic E-state index is 11.0. The number of ether oxygens (including phenoxy) is 2. The summed E-state index contributed by atoms with van der Waals surface area (Å²) < 4.78 is 10.4. The maximum Gasteiger partial charge on any atom is 0.162 e. The van der Waals surface area contributed by atoms with Gasteiger partial charge in [0.1, 0.15) is 17.3 Å². The Balaban J connectivity index is 2.35. The van der Waals surface area contributed by atoms with Crippen molar-refractivity contribution < 1.29 is 14.3 Å². The van der Waals surface area contributed by atoms with Crippen molar-refractivity contribution in [3.05, 3.63) is 35.2 Å². The van der Waals surface area contributed by atoms with Crippen molar-refractivity contribution >= 4 is 29.4 Å². The van der Waals surface area contributed by atoms with Crippen LogP contribution in [0.4, 0.5) is 11.5 Å². The smallest absolute Gasteiger partial charge is 0.162 e. The summed E-state index contributed by atoms with van der Waals surface area (Å²) in [6, 6.07) is 5.24. The first-order valence-corrected chi connectivity index (χ1v) is 6.02. The van der Waals surface area contributed by atoms with Crippen LogP contribution in [0.5, 0.6) is 11.5 Å². The van der Waals surface area contributed by atoms with Crippen molar-refractivity contribution in [2.24, 2.45) is 0 Å². The Morgan fingerprint density at radius 1 is 1.20 bits per heavy atom. The van der Waals surface area contributed by atoms with Crippen molar-refractivity contribution in [3.8, 4) is 11.5 Å². The van der Waals surface area contributed by atoms with Crippen LogP contribution in [0.3, 0.4) is 0 Å². The summed E-state index contributed by atoms with van der Waals surface area (Å²) in [6.07, 6.45) is 1.88. The van der Waals surface area contributed by atoms with E-state index in [-0.39, 0.29) is 10.7 Å². The number of benzene rings is 1. The average Bonchev–Trinajstić information content (AvgIpc) is 2.47. The molecule has 2 aromatic rings. The fourth-order valence-electron chi connectivity index (χ4n) is 1.63. The molecule has 1 aromatic heterocycles. The number of aromatic nitrogens is 2. The third-order valence-corrected chi connectivity index (χ3v) is 2.90. The minimum Gasteiger partial charge on any atom is -0.493 e. The van der Waals surface area contributed by atoms with Gasteiger partial charge in [-0.05, 0) is 12.1 Å². The summed E-state index contributed by atoms with van der Waals surface area (Å²) in [7, 11) is 3.10. The number of methoxy groups -OCH3 is 2. The van der Waals surface area contributed by atoms with Crippen LogP contribution in [0.2, 0.25) is 5.15 Å². The van der Waals surface area contributed by atoms with E-state index in [0.29, 0.717) is 29.3 Å². The van der Waals surface area contributed by atoms with Crippen LogP contribution >= 0.6 is 11.6 Å². The van der Waals surface area contributed by atoms with Gasteiger partial charge in [0.25, 0.3) is 0 Å². The number of aldehydes is 1. The number of carbonyl (C=O) groups excluding carboxylic acids is 1. The molecule has 0 unspecified atom stereocenters. The zero-order valence-corrected chi connectivity index (χ0v) is 11.6. The van der Waals surface area contributed by atoms with Gasteiger partial charge < -0.3 is 14.8 Å². The molecule has 6 nitrogen and oxygen atoms in total. The van der Waals surface area contributed by atoms with Gasteiger partial charge in [-0.15, -0.1) is 0 Å². The number of anilines is 2. The van der Waals surface area contributed by atoms with Crippen molar-refractivity contribution in [1.29, 1.82) is 0 Å². The predicted molar refractivity (Wildman–Crippen MR) is 75.3 cm³/mol. The Bertz CT molecular complexity index is 634. The van der Waals surface area contributed by atoms with E-state index < -0.39 is 0 Å². The summed E-state index contributed by atoms with van der Waals surface area (Å²) in [5, 5.41) is 3.08. The van der Waals surface area contributed by atoms with Crippen LogP contribution in [-0.4, -0.2) is 30.5 Å². The summed E-state index contributed by atoms with van der Waals surface area (Å²) in [4.78, 5) is 18.8. The highest BCUT2D eigenvalue weighted by Gasteiger charge is 2.10. The van der Waals surface area contributed by atoms with Crippen molar-refractivity contribution in [1.82, 2.24) is 9.97 Å². The molecule has 0 fully saturated rings. The van der Waals surface area contributed by atoms with E-state index in [1.54, 1.807) is 32.4 Å². The highest BCUT2D eigenvalue weighted by atomic mass is 35.5. The molecule has 0 aliphatic carbocycles. The normalized spacial score (nSPS) is 9.95. The van der Waals surface area contributed by atoms with E-state index in [0.717, 1.165) is 0 Å². The molecule has 0 saturated carbocycles. The summed E-state index contributed by atoms with van der Waals surface area (Å²) in [5.41, 5.74) is 0.879. The molecule has 0 radical (unpaired) electrons. The molecule has 1 aromatic carbocycles. The Morgan fingerprint density at radius 3 is 2.60 bits per heavy atom. The Hall–Kier alpha value is -2.34. The van der Waals surface area contributed by atoms with E-state index in [1.807, 2.05) is 0 Å². The molecule has 1 heterocycles. The lowest BCUT2D eigenvalue weighted by molar-refractivity contribution is 0.112. The number of nitrogens with one attached hydrogen (secondary N) is 1. The fraction of sp³-hybridized carbons (Fsp3) is 0.154. The first-order chi connectivity index (χ1) is 9.69. The van der Waals surface area contributed by atoms with Gasteiger partial charge in [-0.3, -0.25) is 4.79 Å². The molecule has 1 N–H and O–H groups in total. The number of hydrogen-bond acceptors (Lipinski definition) is 6. The molecule has 0 spiro atoms. The third-order valence-electron chi connectivity index (χ3n) is 2.60. The lowest BCUT2D eigenvalue weighted by atomic mass is 10.2. The van der Waals surface area contributed by atoms with Crippen LogP contribution in [0.15, 0.2) is 24.5 Å². The maximum atomic E-state index is 11.0. The molecule has 0 bridgehead atoms. The number of hydrogen-bond donors (Lipinski definition) is 1. The van der Waals surface area contributed by atoms with E-state index in [1.165, 1.54) is 6.33 Å². The van der Waals surface area contributed by atoms with Gasteiger partial charge >= 0.3 is 0 Å². The van der Waals surface area contributed by atoms with Gasteiger partial charge in [0, 0.05) is 11.8 Å². The molecule has 0 aliphatic heterocycles. The van der Waals surface area contributed by atoms with Gasteiger partial charge in [0.05, 0.1) is 19.8 Å². The molecule has 2 rings (SSSR count). The molecule has 0 aliphatic rings. The topological polar surface area (TPSA) is 73.3 Å². The predicted octanol–water partition coefficient (Wildman–Crippen LogP) is 2.70. The molecular weight excluding hydrogens is 282 g/mol. The quantitative estimate of drug-likeness (QED) is 0.675. The number of nitrogens with zero attached hydrogens (tertiary/aromatic N) is 2. The molecule has 0 atom stereocenters. The Morgan fingerprint density at radius 2 is 1.95 bits per heavy atom. The minimum atomic E-state index is 0.0953. The fourth-order valence-corrected chi connectivity index (χ4v) is 1.81. The lowest BCUT2D eigenvalue weighted by Crippen LogP contribution is -2.01. The van der Waals surface area contributed by atoms with E-state index in [2.05, 4.69) is 15.3 Å². The Kier molecular flexibility index (Phi) is 4.37. The van der Waals surface area contributed by atoms with Gasteiger partial charge in [0.15, 0.2) is 17.8 Å². The largest absolute Gasteiger partial charge is 0.493 e. The van der Waals surface area contributed by atoms with Crippen molar-refractivity contribution in [2.45, 2.75) is 0 Å². The molecular formula is C13H12ClN3O3. The van der Waals surface area contributed by atoms with Gasteiger partial charge in [0.2, 0.25) is 0 Å². The second-order valence-electron chi connectivity index (χ2n) is 3.74. The lowest BCUT2D eigenvalue weighted by Gasteiger charge is -2.11. The van der Waals surface area contributed by atoms with Crippen LogP contribution < -0.4 is 14.8 Å². The minimum absolute atomic E-state index is 0.0953. The molecule has 0 amide bonds. The SMILES string of the molecule is COc1ccc(Nc2ncnc(Cl)c2C=O)cc1OC. The van der Waals surface area contributed by atoms with E-state index in [9.17, 15) is 4.79 Å². The molecule has 7 heteroatoms. The van der Waals surface area contributed by atoms with Gasteiger partial charge in [-0.2, -0.15) is 0 Å². The first-order valence-electron chi connectivity index (χ1n) is 5.64. The van der Waals surface area contributed by atoms with Crippen LogP contribution in [0.25, 0.3) is 0 Å².